The standard InChI is InChI=1S/C28H23FN2OS/c1-19-10-15-25-27(16-19)33-28(31-25)20-11-13-23(14-12-20)30-17-21-6-3-5-9-26(21)32-18-22-7-2-4-8-24(22)29/h2-16,30H,17-18H2,1H3. The minimum Gasteiger partial charge on any atom is -0.488 e. The van der Waals surface area contributed by atoms with Crippen LogP contribution in [-0.4, -0.2) is 4.98 Å². The van der Waals surface area contributed by atoms with E-state index in [1.54, 1.807) is 23.5 Å². The van der Waals surface area contributed by atoms with Crippen LogP contribution in [-0.2, 0) is 13.2 Å². The molecule has 0 aliphatic rings. The summed E-state index contributed by atoms with van der Waals surface area (Å²) >= 11 is 1.71. The van der Waals surface area contributed by atoms with Crippen molar-refractivity contribution in [1.82, 2.24) is 4.98 Å². The molecule has 4 aromatic carbocycles. The molecular weight excluding hydrogens is 431 g/mol. The van der Waals surface area contributed by atoms with Gasteiger partial charge in [-0.1, -0.05) is 42.5 Å². The molecule has 0 saturated carbocycles. The zero-order chi connectivity index (χ0) is 22.6. The lowest BCUT2D eigenvalue weighted by Crippen LogP contribution is -2.04. The van der Waals surface area contributed by atoms with E-state index in [2.05, 4.69) is 54.7 Å². The second-order valence-corrected chi connectivity index (χ2v) is 8.94. The van der Waals surface area contributed by atoms with Crippen LogP contribution < -0.4 is 10.1 Å². The molecule has 5 aromatic rings. The molecular formula is C28H23FN2OS. The van der Waals surface area contributed by atoms with Crippen molar-refractivity contribution in [2.24, 2.45) is 0 Å². The molecule has 0 saturated heterocycles. The van der Waals surface area contributed by atoms with Crippen LogP contribution in [0.3, 0.4) is 0 Å². The largest absolute Gasteiger partial charge is 0.488 e. The highest BCUT2D eigenvalue weighted by atomic mass is 32.1. The van der Waals surface area contributed by atoms with E-state index < -0.39 is 0 Å². The van der Waals surface area contributed by atoms with Crippen molar-refractivity contribution in [3.8, 4) is 16.3 Å². The fourth-order valence-corrected chi connectivity index (χ4v) is 4.71. The van der Waals surface area contributed by atoms with E-state index in [0.29, 0.717) is 12.1 Å². The number of nitrogens with zero attached hydrogens (tertiary/aromatic N) is 1. The average molecular weight is 455 g/mol. The lowest BCUT2D eigenvalue weighted by atomic mass is 10.1. The Morgan fingerprint density at radius 1 is 0.879 bits per heavy atom. The molecule has 164 valence electrons. The molecule has 5 rings (SSSR count). The first kappa shape index (κ1) is 21.2. The van der Waals surface area contributed by atoms with Crippen molar-refractivity contribution in [1.29, 1.82) is 0 Å². The average Bonchev–Trinajstić information content (AvgIpc) is 3.26. The van der Waals surface area contributed by atoms with E-state index >= 15 is 0 Å². The van der Waals surface area contributed by atoms with Gasteiger partial charge in [0, 0.05) is 28.9 Å². The van der Waals surface area contributed by atoms with Crippen molar-refractivity contribution in [3.05, 3.63) is 114 Å². The van der Waals surface area contributed by atoms with Gasteiger partial charge < -0.3 is 10.1 Å². The van der Waals surface area contributed by atoms with Crippen LogP contribution in [0.1, 0.15) is 16.7 Å². The van der Waals surface area contributed by atoms with Gasteiger partial charge in [-0.15, -0.1) is 11.3 Å². The van der Waals surface area contributed by atoms with Crippen LogP contribution in [0.5, 0.6) is 5.75 Å². The van der Waals surface area contributed by atoms with Gasteiger partial charge in [0.15, 0.2) is 0 Å². The summed E-state index contributed by atoms with van der Waals surface area (Å²) < 4.78 is 21.0. The predicted octanol–water partition coefficient (Wildman–Crippen LogP) is 7.60. The summed E-state index contributed by atoms with van der Waals surface area (Å²) in [5, 5.41) is 4.47. The molecule has 1 N–H and O–H groups in total. The lowest BCUT2D eigenvalue weighted by molar-refractivity contribution is 0.297. The molecule has 0 amide bonds. The first-order valence-corrected chi connectivity index (χ1v) is 11.6. The van der Waals surface area contributed by atoms with Crippen LogP contribution >= 0.6 is 11.3 Å². The summed E-state index contributed by atoms with van der Waals surface area (Å²) in [4.78, 5) is 4.77. The van der Waals surface area contributed by atoms with Crippen LogP contribution in [0.2, 0.25) is 0 Å². The summed E-state index contributed by atoms with van der Waals surface area (Å²) in [5.74, 6) is 0.492. The predicted molar refractivity (Wildman–Crippen MR) is 134 cm³/mol. The maximum absolute atomic E-state index is 13.9. The molecule has 0 aliphatic heterocycles. The third kappa shape index (κ3) is 4.89. The number of halogens is 1. The molecule has 5 heteroatoms. The van der Waals surface area contributed by atoms with Gasteiger partial charge in [-0.2, -0.15) is 0 Å². The zero-order valence-corrected chi connectivity index (χ0v) is 19.0. The lowest BCUT2D eigenvalue weighted by Gasteiger charge is -2.13. The summed E-state index contributed by atoms with van der Waals surface area (Å²) in [6, 6.07) is 29.2. The van der Waals surface area contributed by atoms with Crippen molar-refractivity contribution >= 4 is 27.2 Å². The van der Waals surface area contributed by atoms with E-state index in [9.17, 15) is 4.39 Å². The highest BCUT2D eigenvalue weighted by molar-refractivity contribution is 7.21. The van der Waals surface area contributed by atoms with Gasteiger partial charge in [-0.3, -0.25) is 0 Å². The number of anilines is 1. The smallest absolute Gasteiger partial charge is 0.129 e. The molecule has 1 aromatic heterocycles. The second-order valence-electron chi connectivity index (χ2n) is 7.91. The number of fused-ring (bicyclic) bond motifs is 1. The monoisotopic (exact) mass is 454 g/mol. The van der Waals surface area contributed by atoms with Gasteiger partial charge in [0.25, 0.3) is 0 Å². The number of rotatable bonds is 7. The minimum atomic E-state index is -0.253. The Hall–Kier alpha value is -3.70. The Morgan fingerprint density at radius 2 is 1.64 bits per heavy atom. The Bertz CT molecular complexity index is 1390. The number of ether oxygens (including phenoxy) is 1. The first-order chi connectivity index (χ1) is 16.2. The van der Waals surface area contributed by atoms with Crippen LogP contribution in [0.25, 0.3) is 20.8 Å². The van der Waals surface area contributed by atoms with E-state index in [4.69, 9.17) is 9.72 Å². The third-order valence-electron chi connectivity index (χ3n) is 5.47. The SMILES string of the molecule is Cc1ccc2nc(-c3ccc(NCc4ccccc4OCc4ccccc4F)cc3)sc2c1. The first-order valence-electron chi connectivity index (χ1n) is 10.8. The number of para-hydroxylation sites is 1. The van der Waals surface area contributed by atoms with E-state index in [1.807, 2.05) is 30.3 Å². The Morgan fingerprint density at radius 3 is 2.45 bits per heavy atom. The Balaban J connectivity index is 1.25. The normalized spacial score (nSPS) is 11.0. The van der Waals surface area contributed by atoms with Crippen LogP contribution in [0.4, 0.5) is 10.1 Å². The number of nitrogens with one attached hydrogen (secondary N) is 1. The molecule has 0 spiro atoms. The number of hydrogen-bond donors (Lipinski definition) is 1. The Labute approximate surface area is 196 Å². The van der Waals surface area contributed by atoms with Crippen molar-refractivity contribution < 1.29 is 9.13 Å². The fraction of sp³-hybridized carbons (Fsp3) is 0.107. The number of thiazole rings is 1. The van der Waals surface area contributed by atoms with Gasteiger partial charge in [-0.05, 0) is 61.0 Å². The van der Waals surface area contributed by atoms with Crippen molar-refractivity contribution in [3.63, 3.8) is 0 Å². The highest BCUT2D eigenvalue weighted by Crippen LogP contribution is 2.31. The highest BCUT2D eigenvalue weighted by Gasteiger charge is 2.08. The summed E-state index contributed by atoms with van der Waals surface area (Å²) in [6.07, 6.45) is 0. The van der Waals surface area contributed by atoms with Gasteiger partial charge in [0.05, 0.1) is 10.2 Å². The molecule has 0 atom stereocenters. The fourth-order valence-electron chi connectivity index (χ4n) is 3.64. The van der Waals surface area contributed by atoms with Crippen LogP contribution in [0, 0.1) is 12.7 Å². The number of aryl methyl sites for hydroxylation is 1. The topological polar surface area (TPSA) is 34.2 Å². The molecule has 0 radical (unpaired) electrons. The number of aromatic nitrogens is 1. The molecule has 0 fully saturated rings. The minimum absolute atomic E-state index is 0.195. The van der Waals surface area contributed by atoms with Crippen molar-refractivity contribution in [2.45, 2.75) is 20.1 Å². The molecule has 1 heterocycles. The molecule has 3 nitrogen and oxygen atoms in total. The Kier molecular flexibility index (Phi) is 6.05. The van der Waals surface area contributed by atoms with Gasteiger partial charge in [0.2, 0.25) is 0 Å². The molecule has 0 unspecified atom stereocenters. The molecule has 0 aliphatic carbocycles. The molecule has 33 heavy (non-hydrogen) atoms. The number of benzene rings is 4. The van der Waals surface area contributed by atoms with E-state index in [1.165, 1.54) is 16.3 Å². The van der Waals surface area contributed by atoms with E-state index in [-0.39, 0.29) is 12.4 Å². The van der Waals surface area contributed by atoms with E-state index in [0.717, 1.165) is 33.1 Å². The summed E-state index contributed by atoms with van der Waals surface area (Å²) in [5.41, 5.74) is 5.96. The number of hydrogen-bond acceptors (Lipinski definition) is 4. The second kappa shape index (κ2) is 9.43. The summed E-state index contributed by atoms with van der Waals surface area (Å²) in [7, 11) is 0. The molecule has 0 bridgehead atoms. The van der Waals surface area contributed by atoms with Gasteiger partial charge in [0.1, 0.15) is 23.2 Å². The van der Waals surface area contributed by atoms with Crippen LogP contribution in [0.15, 0.2) is 91.0 Å². The van der Waals surface area contributed by atoms with Gasteiger partial charge in [-0.25, -0.2) is 9.37 Å². The van der Waals surface area contributed by atoms with Crippen molar-refractivity contribution in [2.75, 3.05) is 5.32 Å². The maximum Gasteiger partial charge on any atom is 0.129 e. The quantitative estimate of drug-likeness (QED) is 0.275. The van der Waals surface area contributed by atoms with Gasteiger partial charge >= 0.3 is 0 Å². The maximum atomic E-state index is 13.9. The summed E-state index contributed by atoms with van der Waals surface area (Å²) in [6.45, 7) is 2.90. The third-order valence-corrected chi connectivity index (χ3v) is 6.54. The zero-order valence-electron chi connectivity index (χ0n) is 18.2.